The fraction of sp³-hybridized carbons (Fsp3) is 0.409. The Morgan fingerprint density at radius 3 is 2.00 bits per heavy atom. The molecule has 0 aliphatic heterocycles. The van der Waals surface area contributed by atoms with E-state index in [2.05, 4.69) is 36.5 Å². The average Bonchev–Trinajstić information content (AvgIpc) is 2.71. The fourth-order valence-corrected chi connectivity index (χ4v) is 3.08. The molecule has 2 N–H and O–H groups in total. The van der Waals surface area contributed by atoms with Gasteiger partial charge in [0.2, 0.25) is 5.75 Å². The highest BCUT2D eigenvalue weighted by Crippen LogP contribution is 2.38. The molecular weight excluding hydrogens is 356 g/mol. The number of nitrogens with one attached hydrogen (secondary N) is 2. The third-order valence-electron chi connectivity index (χ3n) is 4.61. The van der Waals surface area contributed by atoms with Crippen LogP contribution < -0.4 is 24.4 Å². The topological polar surface area (TPSA) is 61.2 Å². The van der Waals surface area contributed by atoms with Crippen LogP contribution in [0.3, 0.4) is 0 Å². The van der Waals surface area contributed by atoms with Crippen LogP contribution in [0.4, 0.5) is 0 Å². The Hall–Kier alpha value is -2.73. The van der Waals surface area contributed by atoms with Crippen molar-refractivity contribution in [3.63, 3.8) is 0 Å². The lowest BCUT2D eigenvalue weighted by molar-refractivity contribution is -0.885. The van der Waals surface area contributed by atoms with Crippen molar-refractivity contribution in [3.8, 4) is 17.2 Å². The second-order valence-corrected chi connectivity index (χ2v) is 6.79. The van der Waals surface area contributed by atoms with Gasteiger partial charge in [0, 0.05) is 12.1 Å². The van der Waals surface area contributed by atoms with Crippen LogP contribution in [0.25, 0.3) is 0 Å². The van der Waals surface area contributed by atoms with E-state index in [1.807, 2.05) is 19.2 Å². The monoisotopic (exact) mass is 387 g/mol. The highest BCUT2D eigenvalue weighted by molar-refractivity contribution is 5.76. The summed E-state index contributed by atoms with van der Waals surface area (Å²) in [6.07, 6.45) is 1.03. The molecule has 1 amide bonds. The Morgan fingerprint density at radius 2 is 1.50 bits per heavy atom. The van der Waals surface area contributed by atoms with Gasteiger partial charge in [0.1, 0.15) is 6.54 Å². The number of hydrogen-bond donors (Lipinski definition) is 2. The molecule has 0 spiro atoms. The van der Waals surface area contributed by atoms with Gasteiger partial charge in [-0.1, -0.05) is 31.2 Å². The van der Waals surface area contributed by atoms with Crippen LogP contribution in [0.1, 0.15) is 23.6 Å². The Kier molecular flexibility index (Phi) is 8.14. The van der Waals surface area contributed by atoms with Gasteiger partial charge in [-0.2, -0.15) is 0 Å². The third kappa shape index (κ3) is 5.89. The van der Waals surface area contributed by atoms with E-state index in [1.54, 1.807) is 21.3 Å². The van der Waals surface area contributed by atoms with E-state index in [-0.39, 0.29) is 5.91 Å². The minimum Gasteiger partial charge on any atom is -0.493 e. The Labute approximate surface area is 167 Å². The molecule has 2 aromatic carbocycles. The lowest BCUT2D eigenvalue weighted by Gasteiger charge is -2.16. The molecule has 0 bridgehead atoms. The van der Waals surface area contributed by atoms with Crippen LogP contribution in [0.5, 0.6) is 17.2 Å². The van der Waals surface area contributed by atoms with Crippen molar-refractivity contribution < 1.29 is 23.9 Å². The van der Waals surface area contributed by atoms with Crippen molar-refractivity contribution in [3.05, 3.63) is 53.1 Å². The number of likely N-dealkylation sites (N-methyl/N-ethyl adjacent to an activating group) is 1. The lowest BCUT2D eigenvalue weighted by atomic mass is 10.1. The summed E-state index contributed by atoms with van der Waals surface area (Å²) < 4.78 is 16.0. The smallest absolute Gasteiger partial charge is 0.275 e. The molecule has 6 heteroatoms. The van der Waals surface area contributed by atoms with E-state index >= 15 is 0 Å². The molecule has 0 saturated carbocycles. The van der Waals surface area contributed by atoms with Crippen LogP contribution in [-0.4, -0.2) is 40.8 Å². The number of carbonyl (C=O) groups excluding carboxylic acids is 1. The van der Waals surface area contributed by atoms with Gasteiger partial charge in [0.15, 0.2) is 18.0 Å². The number of amides is 1. The average molecular weight is 388 g/mol. The molecule has 0 fully saturated rings. The highest BCUT2D eigenvalue weighted by atomic mass is 16.5. The normalized spacial score (nSPS) is 11.6. The van der Waals surface area contributed by atoms with E-state index < -0.39 is 0 Å². The van der Waals surface area contributed by atoms with E-state index in [9.17, 15) is 4.79 Å². The minimum absolute atomic E-state index is 0.00331. The van der Waals surface area contributed by atoms with Crippen molar-refractivity contribution in [2.75, 3.05) is 34.9 Å². The highest BCUT2D eigenvalue weighted by Gasteiger charge is 2.15. The van der Waals surface area contributed by atoms with Gasteiger partial charge < -0.3 is 24.4 Å². The summed E-state index contributed by atoms with van der Waals surface area (Å²) in [7, 11) is 6.74. The van der Waals surface area contributed by atoms with Crippen LogP contribution >= 0.6 is 0 Å². The summed E-state index contributed by atoms with van der Waals surface area (Å²) in [6.45, 7) is 3.75. The number of aryl methyl sites for hydroxylation is 1. The quantitative estimate of drug-likeness (QED) is 0.650. The van der Waals surface area contributed by atoms with Gasteiger partial charge in [-0.05, 0) is 29.7 Å². The molecular formula is C22H31N2O4+. The number of methoxy groups -OCH3 is 3. The first-order valence-electron chi connectivity index (χ1n) is 9.45. The van der Waals surface area contributed by atoms with Crippen molar-refractivity contribution in [1.82, 2.24) is 5.32 Å². The van der Waals surface area contributed by atoms with E-state index in [4.69, 9.17) is 14.2 Å². The van der Waals surface area contributed by atoms with Crippen LogP contribution in [0.2, 0.25) is 0 Å². The van der Waals surface area contributed by atoms with Gasteiger partial charge in [-0.3, -0.25) is 4.79 Å². The first-order chi connectivity index (χ1) is 13.5. The van der Waals surface area contributed by atoms with Crippen molar-refractivity contribution in [2.45, 2.75) is 26.4 Å². The predicted octanol–water partition coefficient (Wildman–Crippen LogP) is 1.61. The molecule has 0 saturated heterocycles. The molecule has 1 unspecified atom stereocenters. The summed E-state index contributed by atoms with van der Waals surface area (Å²) in [5.74, 6) is 1.68. The molecule has 0 aliphatic rings. The van der Waals surface area contributed by atoms with Crippen LogP contribution in [0, 0.1) is 0 Å². The zero-order chi connectivity index (χ0) is 20.5. The number of benzene rings is 2. The molecule has 152 valence electrons. The summed E-state index contributed by atoms with van der Waals surface area (Å²) >= 11 is 0. The van der Waals surface area contributed by atoms with Gasteiger partial charge >= 0.3 is 0 Å². The number of carbonyl (C=O) groups is 1. The zero-order valence-electron chi connectivity index (χ0n) is 17.4. The predicted molar refractivity (Wildman–Crippen MR) is 109 cm³/mol. The third-order valence-corrected chi connectivity index (χ3v) is 4.61. The first kappa shape index (κ1) is 21.6. The van der Waals surface area contributed by atoms with Crippen molar-refractivity contribution >= 4 is 5.91 Å². The lowest BCUT2D eigenvalue weighted by Crippen LogP contribution is -3.08. The van der Waals surface area contributed by atoms with Gasteiger partial charge in [-0.25, -0.2) is 0 Å². The van der Waals surface area contributed by atoms with Crippen LogP contribution in [-0.2, 0) is 24.3 Å². The molecule has 0 radical (unpaired) electrons. The molecule has 2 rings (SSSR count). The largest absolute Gasteiger partial charge is 0.493 e. The number of rotatable bonds is 10. The Balaban J connectivity index is 1.90. The SMILES string of the molecule is CCc1ccc(C[NH+](C)CC(=O)NCc2cc(OC)c(OC)c(OC)c2)cc1. The minimum atomic E-state index is -0.00331. The summed E-state index contributed by atoms with van der Waals surface area (Å²) in [5.41, 5.74) is 3.44. The fourth-order valence-electron chi connectivity index (χ4n) is 3.08. The summed E-state index contributed by atoms with van der Waals surface area (Å²) in [5, 5.41) is 2.96. The molecule has 0 heterocycles. The maximum atomic E-state index is 12.3. The molecule has 6 nitrogen and oxygen atoms in total. The number of ether oxygens (including phenoxy) is 3. The zero-order valence-corrected chi connectivity index (χ0v) is 17.4. The summed E-state index contributed by atoms with van der Waals surface area (Å²) in [4.78, 5) is 13.5. The van der Waals surface area contributed by atoms with Gasteiger partial charge in [0.05, 0.1) is 28.4 Å². The molecule has 0 aromatic heterocycles. The van der Waals surface area contributed by atoms with Crippen molar-refractivity contribution in [2.24, 2.45) is 0 Å². The standard InChI is InChI=1S/C22H30N2O4/c1-6-16-7-9-17(10-8-16)14-24(2)15-21(25)23-13-18-11-19(26-3)22(28-5)20(12-18)27-4/h7-12H,6,13-15H2,1-5H3,(H,23,25)/p+1. The summed E-state index contributed by atoms with van der Waals surface area (Å²) in [6, 6.07) is 12.2. The molecule has 1 atom stereocenters. The Bertz CT molecular complexity index is 750. The van der Waals surface area contributed by atoms with Gasteiger partial charge in [0.25, 0.3) is 5.91 Å². The van der Waals surface area contributed by atoms with Gasteiger partial charge in [-0.15, -0.1) is 0 Å². The van der Waals surface area contributed by atoms with E-state index in [1.165, 1.54) is 11.1 Å². The number of hydrogen-bond acceptors (Lipinski definition) is 4. The van der Waals surface area contributed by atoms with Crippen LogP contribution in [0.15, 0.2) is 36.4 Å². The van der Waals surface area contributed by atoms with E-state index in [0.717, 1.165) is 23.4 Å². The second kappa shape index (κ2) is 10.6. The first-order valence-corrected chi connectivity index (χ1v) is 9.45. The molecule has 2 aromatic rings. The molecule has 28 heavy (non-hydrogen) atoms. The van der Waals surface area contributed by atoms with E-state index in [0.29, 0.717) is 30.3 Å². The maximum absolute atomic E-state index is 12.3. The Morgan fingerprint density at radius 1 is 0.929 bits per heavy atom. The number of quaternary nitrogens is 1. The maximum Gasteiger partial charge on any atom is 0.275 e. The van der Waals surface area contributed by atoms with Crippen molar-refractivity contribution in [1.29, 1.82) is 0 Å². The molecule has 0 aliphatic carbocycles. The second-order valence-electron chi connectivity index (χ2n) is 6.79.